The van der Waals surface area contributed by atoms with Gasteiger partial charge in [-0.3, -0.25) is 4.55 Å². The molecule has 110 valence electrons. The Morgan fingerprint density at radius 1 is 1.10 bits per heavy atom. The van der Waals surface area contributed by atoms with Crippen LogP contribution in [-0.4, -0.2) is 36.9 Å². The minimum atomic E-state index is -4.16. The Labute approximate surface area is 124 Å². The summed E-state index contributed by atoms with van der Waals surface area (Å²) >= 11 is 0. The quantitative estimate of drug-likeness (QED) is 0.804. The monoisotopic (exact) mass is 304 g/mol. The average Bonchev–Trinajstić information content (AvgIpc) is 2.81. The second-order valence-electron chi connectivity index (χ2n) is 5.63. The predicted octanol–water partition coefficient (Wildman–Crippen LogP) is 1.84. The van der Waals surface area contributed by atoms with E-state index in [1.54, 1.807) is 0 Å². The van der Waals surface area contributed by atoms with Gasteiger partial charge in [-0.05, 0) is 23.1 Å². The van der Waals surface area contributed by atoms with Crippen LogP contribution >= 0.6 is 0 Å². The molecule has 2 aliphatic heterocycles. The highest BCUT2D eigenvalue weighted by atomic mass is 32.2. The average molecular weight is 304 g/mol. The van der Waals surface area contributed by atoms with Gasteiger partial charge in [0.2, 0.25) is 0 Å². The van der Waals surface area contributed by atoms with Gasteiger partial charge >= 0.3 is 10.3 Å². The van der Waals surface area contributed by atoms with Crippen LogP contribution < -0.4 is 4.90 Å². The lowest BCUT2D eigenvalue weighted by molar-refractivity contribution is 0.354. The van der Waals surface area contributed by atoms with E-state index in [2.05, 4.69) is 23.1 Å². The van der Waals surface area contributed by atoms with Crippen LogP contribution in [0.1, 0.15) is 17.5 Å². The molecule has 0 radical (unpaired) electrons. The molecule has 0 saturated heterocycles. The molecule has 0 aromatic heterocycles. The molecule has 1 aromatic rings. The molecular formula is C15H16N2O3S. The number of benzene rings is 1. The molecule has 1 N–H and O–H groups in total. The summed E-state index contributed by atoms with van der Waals surface area (Å²) in [6.07, 6.45) is 5.43. The number of para-hydroxylation sites is 1. The van der Waals surface area contributed by atoms with Gasteiger partial charge in [-0.2, -0.15) is 12.7 Å². The summed E-state index contributed by atoms with van der Waals surface area (Å²) in [7, 11) is -4.16. The smallest absolute Gasteiger partial charge is 0.336 e. The zero-order valence-electron chi connectivity index (χ0n) is 11.5. The zero-order valence-corrected chi connectivity index (χ0v) is 12.3. The Morgan fingerprint density at radius 2 is 1.95 bits per heavy atom. The number of allylic oxidation sites excluding steroid dienone is 2. The van der Waals surface area contributed by atoms with Crippen LogP contribution in [0.3, 0.4) is 0 Å². The van der Waals surface area contributed by atoms with E-state index in [1.807, 2.05) is 12.1 Å². The Hall–Kier alpha value is -1.63. The first kappa shape index (κ1) is 13.1. The van der Waals surface area contributed by atoms with E-state index in [9.17, 15) is 13.0 Å². The largest absolute Gasteiger partial charge is 0.365 e. The fourth-order valence-corrected chi connectivity index (χ4v) is 4.09. The lowest BCUT2D eigenvalue weighted by Gasteiger charge is -2.33. The van der Waals surface area contributed by atoms with Gasteiger partial charge < -0.3 is 4.90 Å². The second-order valence-corrected chi connectivity index (χ2v) is 7.04. The van der Waals surface area contributed by atoms with E-state index in [1.165, 1.54) is 16.7 Å². The molecule has 4 rings (SSSR count). The van der Waals surface area contributed by atoms with Crippen LogP contribution in [0.4, 0.5) is 5.69 Å². The maximum Gasteiger partial charge on any atom is 0.336 e. The Balaban J connectivity index is 1.87. The Kier molecular flexibility index (Phi) is 2.76. The fraction of sp³-hybridized carbons (Fsp3) is 0.333. The molecule has 0 bridgehead atoms. The molecule has 0 atom stereocenters. The molecule has 0 saturated carbocycles. The fourth-order valence-electron chi connectivity index (χ4n) is 3.48. The van der Waals surface area contributed by atoms with Gasteiger partial charge in [0.25, 0.3) is 0 Å². The van der Waals surface area contributed by atoms with E-state index in [0.717, 1.165) is 28.5 Å². The summed E-state index contributed by atoms with van der Waals surface area (Å²) < 4.78 is 33.5. The molecule has 0 fully saturated rings. The van der Waals surface area contributed by atoms with Crippen molar-refractivity contribution in [3.05, 3.63) is 47.1 Å². The molecule has 1 aliphatic carbocycles. The van der Waals surface area contributed by atoms with Gasteiger partial charge in [0.1, 0.15) is 0 Å². The van der Waals surface area contributed by atoms with Crippen molar-refractivity contribution in [1.29, 1.82) is 0 Å². The number of hydrogen-bond acceptors (Lipinski definition) is 3. The van der Waals surface area contributed by atoms with Gasteiger partial charge in [-0.15, -0.1) is 0 Å². The summed E-state index contributed by atoms with van der Waals surface area (Å²) in [4.78, 5) is 2.23. The second kappa shape index (κ2) is 4.43. The summed E-state index contributed by atoms with van der Waals surface area (Å²) in [5.41, 5.74) is 5.85. The zero-order chi connectivity index (χ0) is 14.6. The first-order valence-corrected chi connectivity index (χ1v) is 8.43. The number of anilines is 1. The van der Waals surface area contributed by atoms with E-state index in [4.69, 9.17) is 0 Å². The van der Waals surface area contributed by atoms with Gasteiger partial charge in [0.05, 0.1) is 0 Å². The van der Waals surface area contributed by atoms with Crippen LogP contribution in [0.5, 0.6) is 0 Å². The molecule has 2 heterocycles. The third kappa shape index (κ3) is 2.02. The molecule has 0 amide bonds. The van der Waals surface area contributed by atoms with E-state index in [-0.39, 0.29) is 6.54 Å². The first-order chi connectivity index (χ1) is 10.0. The van der Waals surface area contributed by atoms with Crippen molar-refractivity contribution in [2.24, 2.45) is 0 Å². The highest BCUT2D eigenvalue weighted by Gasteiger charge is 2.32. The summed E-state index contributed by atoms with van der Waals surface area (Å²) in [5.74, 6) is 0. The van der Waals surface area contributed by atoms with Crippen molar-refractivity contribution in [1.82, 2.24) is 4.31 Å². The standard InChI is InChI=1S/C15H16N2O3S/c18-21(19,20)17-8-7-16-9-11-3-1-5-13(11)14-6-2-4-12(10-17)15(14)16/h2-6H,1,7-10H2,(H,18,19,20). The Morgan fingerprint density at radius 3 is 2.76 bits per heavy atom. The van der Waals surface area contributed by atoms with Crippen molar-refractivity contribution in [2.75, 3.05) is 24.5 Å². The van der Waals surface area contributed by atoms with Crippen LogP contribution in [0.25, 0.3) is 5.57 Å². The van der Waals surface area contributed by atoms with Gasteiger partial charge in [0.15, 0.2) is 0 Å². The molecule has 0 spiro atoms. The van der Waals surface area contributed by atoms with Crippen LogP contribution in [0.2, 0.25) is 0 Å². The SMILES string of the molecule is O=S(=O)(O)N1CCN2CC3=CCC=C3c3cccc(c32)C1. The summed E-state index contributed by atoms with van der Waals surface area (Å²) in [6, 6.07) is 6.00. The number of hydrogen-bond donors (Lipinski definition) is 1. The molecule has 1 aromatic carbocycles. The molecular weight excluding hydrogens is 288 g/mol. The highest BCUT2D eigenvalue weighted by molar-refractivity contribution is 7.83. The number of rotatable bonds is 1. The minimum Gasteiger partial charge on any atom is -0.365 e. The van der Waals surface area contributed by atoms with Crippen LogP contribution in [0, 0.1) is 0 Å². The third-order valence-electron chi connectivity index (χ3n) is 4.41. The molecule has 5 nitrogen and oxygen atoms in total. The van der Waals surface area contributed by atoms with Gasteiger partial charge in [0, 0.05) is 37.4 Å². The maximum atomic E-state index is 11.5. The van der Waals surface area contributed by atoms with Crippen LogP contribution in [-0.2, 0) is 16.8 Å². The lowest BCUT2D eigenvalue weighted by Crippen LogP contribution is -2.36. The normalized spacial score (nSPS) is 21.3. The van der Waals surface area contributed by atoms with E-state index in [0.29, 0.717) is 13.1 Å². The molecule has 3 aliphatic rings. The first-order valence-electron chi connectivity index (χ1n) is 7.03. The number of fused-ring (bicyclic) bond motifs is 2. The van der Waals surface area contributed by atoms with Crippen LogP contribution in [0.15, 0.2) is 35.9 Å². The van der Waals surface area contributed by atoms with Crippen molar-refractivity contribution in [3.63, 3.8) is 0 Å². The Bertz CT molecular complexity index is 780. The molecule has 6 heteroatoms. The van der Waals surface area contributed by atoms with Crippen molar-refractivity contribution in [3.8, 4) is 0 Å². The van der Waals surface area contributed by atoms with Gasteiger partial charge in [-0.1, -0.05) is 30.4 Å². The third-order valence-corrected chi connectivity index (χ3v) is 5.38. The molecule has 0 unspecified atom stereocenters. The maximum absolute atomic E-state index is 11.5. The summed E-state index contributed by atoms with van der Waals surface area (Å²) in [5, 5.41) is 0. The van der Waals surface area contributed by atoms with Gasteiger partial charge in [-0.25, -0.2) is 0 Å². The van der Waals surface area contributed by atoms with Crippen molar-refractivity contribution >= 4 is 21.6 Å². The topological polar surface area (TPSA) is 60.9 Å². The highest BCUT2D eigenvalue weighted by Crippen LogP contribution is 2.43. The van der Waals surface area contributed by atoms with Crippen molar-refractivity contribution in [2.45, 2.75) is 13.0 Å². The van der Waals surface area contributed by atoms with E-state index >= 15 is 0 Å². The summed E-state index contributed by atoms with van der Waals surface area (Å²) in [6.45, 7) is 1.94. The predicted molar refractivity (Wildman–Crippen MR) is 81.3 cm³/mol. The minimum absolute atomic E-state index is 0.227. The lowest BCUT2D eigenvalue weighted by atomic mass is 9.91. The number of nitrogens with zero attached hydrogens (tertiary/aromatic N) is 2. The van der Waals surface area contributed by atoms with E-state index < -0.39 is 10.3 Å². The molecule has 21 heavy (non-hydrogen) atoms. The van der Waals surface area contributed by atoms with Crippen molar-refractivity contribution < 1.29 is 13.0 Å².